The smallest absolute Gasteiger partial charge is 0.162 e. The van der Waals surface area contributed by atoms with Crippen molar-refractivity contribution in [3.8, 4) is 11.5 Å². The summed E-state index contributed by atoms with van der Waals surface area (Å²) in [6.07, 6.45) is 2.85. The van der Waals surface area contributed by atoms with Crippen LogP contribution in [0.5, 0.6) is 11.5 Å². The molecule has 3 aliphatic rings. The van der Waals surface area contributed by atoms with Gasteiger partial charge in [-0.1, -0.05) is 0 Å². The van der Waals surface area contributed by atoms with Gasteiger partial charge in [0.25, 0.3) is 0 Å². The lowest BCUT2D eigenvalue weighted by atomic mass is 9.92. The third kappa shape index (κ3) is 2.36. The molecule has 1 aromatic carbocycles. The number of piperazine rings is 1. The number of rotatable bonds is 2. The third-order valence-corrected chi connectivity index (χ3v) is 6.53. The first-order valence-electron chi connectivity index (χ1n) is 9.64. The van der Waals surface area contributed by atoms with Gasteiger partial charge in [0, 0.05) is 55.4 Å². The standard InChI is InChI=1S/C20H28N4O2/c1-22-8-9-23-6-5-16-20-13(4-7-24(16)19(23)12-22)14-10-17(25-2)18(26-3)11-15(14)21-20/h10-11,16,19,21H,4-9,12H2,1-3H3/t16-,19-/m0/s1. The summed E-state index contributed by atoms with van der Waals surface area (Å²) in [6, 6.07) is 4.72. The van der Waals surface area contributed by atoms with Crippen LogP contribution in [0, 0.1) is 0 Å². The zero-order valence-corrected chi connectivity index (χ0v) is 15.9. The number of ether oxygens (including phenoxy) is 2. The number of hydrogen-bond donors (Lipinski definition) is 1. The maximum atomic E-state index is 5.53. The predicted octanol–water partition coefficient (Wildman–Crippen LogP) is 2.06. The Kier molecular flexibility index (Phi) is 3.88. The molecule has 6 heteroatoms. The fraction of sp³-hybridized carbons (Fsp3) is 0.600. The van der Waals surface area contributed by atoms with E-state index < -0.39 is 0 Å². The lowest BCUT2D eigenvalue weighted by Gasteiger charge is -2.53. The van der Waals surface area contributed by atoms with Gasteiger partial charge in [0.2, 0.25) is 0 Å². The molecule has 0 aliphatic carbocycles. The van der Waals surface area contributed by atoms with Gasteiger partial charge in [-0.25, -0.2) is 0 Å². The molecule has 0 radical (unpaired) electrons. The minimum absolute atomic E-state index is 0.496. The Morgan fingerprint density at radius 1 is 1.04 bits per heavy atom. The van der Waals surface area contributed by atoms with Crippen molar-refractivity contribution in [3.05, 3.63) is 23.4 Å². The molecule has 140 valence electrons. The lowest BCUT2D eigenvalue weighted by Crippen LogP contribution is -2.64. The van der Waals surface area contributed by atoms with Crippen LogP contribution in [-0.4, -0.2) is 79.8 Å². The number of benzene rings is 1. The first-order valence-corrected chi connectivity index (χ1v) is 9.64. The minimum Gasteiger partial charge on any atom is -0.493 e. The number of hydrogen-bond acceptors (Lipinski definition) is 5. The van der Waals surface area contributed by atoms with E-state index in [9.17, 15) is 0 Å². The van der Waals surface area contributed by atoms with E-state index in [-0.39, 0.29) is 0 Å². The number of fused-ring (bicyclic) bond motifs is 7. The first-order chi connectivity index (χ1) is 12.7. The number of aromatic amines is 1. The average molecular weight is 356 g/mol. The molecule has 0 unspecified atom stereocenters. The number of likely N-dealkylation sites (N-methyl/N-ethyl adjacent to an activating group) is 1. The normalized spacial score (nSPS) is 27.0. The Morgan fingerprint density at radius 2 is 1.85 bits per heavy atom. The summed E-state index contributed by atoms with van der Waals surface area (Å²) in [5.74, 6) is 1.60. The molecule has 0 spiro atoms. The highest BCUT2D eigenvalue weighted by molar-refractivity contribution is 5.88. The van der Waals surface area contributed by atoms with Crippen molar-refractivity contribution < 1.29 is 9.47 Å². The Labute approximate surface area is 154 Å². The summed E-state index contributed by atoms with van der Waals surface area (Å²) in [6.45, 7) is 5.85. The number of methoxy groups -OCH3 is 2. The number of aromatic nitrogens is 1. The monoisotopic (exact) mass is 356 g/mol. The Hall–Kier alpha value is -1.76. The molecular formula is C20H28N4O2. The van der Waals surface area contributed by atoms with E-state index in [2.05, 4.69) is 38.9 Å². The molecule has 2 aromatic rings. The molecule has 0 saturated carbocycles. The summed E-state index contributed by atoms with van der Waals surface area (Å²) in [5.41, 5.74) is 4.05. The van der Waals surface area contributed by atoms with E-state index in [4.69, 9.17) is 9.47 Å². The Balaban J connectivity index is 1.55. The lowest BCUT2D eigenvalue weighted by molar-refractivity contribution is -0.0772. The molecule has 0 bridgehead atoms. The number of nitrogens with zero attached hydrogens (tertiary/aromatic N) is 3. The van der Waals surface area contributed by atoms with Crippen LogP contribution in [0.15, 0.2) is 12.1 Å². The summed E-state index contributed by atoms with van der Waals surface area (Å²) in [7, 11) is 5.65. The Bertz CT molecular complexity index is 833. The summed E-state index contributed by atoms with van der Waals surface area (Å²) in [5, 5.41) is 1.29. The average Bonchev–Trinajstić information content (AvgIpc) is 3.04. The fourth-order valence-electron chi connectivity index (χ4n) is 5.18. The van der Waals surface area contributed by atoms with Crippen LogP contribution in [0.1, 0.15) is 23.7 Å². The van der Waals surface area contributed by atoms with Crippen LogP contribution >= 0.6 is 0 Å². The fourth-order valence-corrected chi connectivity index (χ4v) is 5.18. The van der Waals surface area contributed by atoms with Gasteiger partial charge < -0.3 is 19.4 Å². The van der Waals surface area contributed by atoms with Gasteiger partial charge >= 0.3 is 0 Å². The van der Waals surface area contributed by atoms with Gasteiger partial charge in [0.05, 0.1) is 26.4 Å². The molecule has 2 atom stereocenters. The second kappa shape index (κ2) is 6.15. The second-order valence-electron chi connectivity index (χ2n) is 7.84. The van der Waals surface area contributed by atoms with Crippen molar-refractivity contribution in [1.29, 1.82) is 0 Å². The highest BCUT2D eigenvalue weighted by atomic mass is 16.5. The molecule has 4 heterocycles. The van der Waals surface area contributed by atoms with E-state index in [0.717, 1.165) is 36.5 Å². The van der Waals surface area contributed by atoms with Crippen molar-refractivity contribution in [2.45, 2.75) is 25.0 Å². The van der Waals surface area contributed by atoms with Crippen LogP contribution in [0.3, 0.4) is 0 Å². The summed E-state index contributed by atoms with van der Waals surface area (Å²) < 4.78 is 11.0. The molecule has 2 fully saturated rings. The second-order valence-corrected chi connectivity index (χ2v) is 7.84. The number of nitrogens with one attached hydrogen (secondary N) is 1. The van der Waals surface area contributed by atoms with Crippen molar-refractivity contribution in [3.63, 3.8) is 0 Å². The van der Waals surface area contributed by atoms with Crippen molar-refractivity contribution in [1.82, 2.24) is 19.7 Å². The van der Waals surface area contributed by atoms with Crippen LogP contribution in [0.25, 0.3) is 10.9 Å². The molecule has 26 heavy (non-hydrogen) atoms. The Morgan fingerprint density at radius 3 is 2.65 bits per heavy atom. The van der Waals surface area contributed by atoms with Gasteiger partial charge in [-0.2, -0.15) is 0 Å². The molecule has 0 amide bonds. The van der Waals surface area contributed by atoms with Gasteiger partial charge in [0.15, 0.2) is 11.5 Å². The molecule has 2 saturated heterocycles. The van der Waals surface area contributed by atoms with Gasteiger partial charge in [0.1, 0.15) is 0 Å². The van der Waals surface area contributed by atoms with Crippen LogP contribution in [-0.2, 0) is 6.42 Å². The van der Waals surface area contributed by atoms with E-state index in [1.54, 1.807) is 14.2 Å². The quantitative estimate of drug-likeness (QED) is 0.892. The largest absolute Gasteiger partial charge is 0.493 e. The molecule has 6 nitrogen and oxygen atoms in total. The molecule has 1 N–H and O–H groups in total. The highest BCUT2D eigenvalue weighted by Gasteiger charge is 2.42. The van der Waals surface area contributed by atoms with E-state index in [1.807, 2.05) is 0 Å². The van der Waals surface area contributed by atoms with Crippen molar-refractivity contribution >= 4 is 10.9 Å². The third-order valence-electron chi connectivity index (χ3n) is 6.53. The van der Waals surface area contributed by atoms with E-state index in [0.29, 0.717) is 12.2 Å². The number of H-pyrrole nitrogens is 1. The molecule has 1 aromatic heterocycles. The topological polar surface area (TPSA) is 44.0 Å². The maximum Gasteiger partial charge on any atom is 0.162 e. The van der Waals surface area contributed by atoms with Crippen LogP contribution in [0.2, 0.25) is 0 Å². The maximum absolute atomic E-state index is 5.53. The molecular weight excluding hydrogens is 328 g/mol. The summed E-state index contributed by atoms with van der Waals surface area (Å²) >= 11 is 0. The molecule has 3 aliphatic heterocycles. The predicted molar refractivity (Wildman–Crippen MR) is 102 cm³/mol. The van der Waals surface area contributed by atoms with Gasteiger partial charge in [-0.3, -0.25) is 9.80 Å². The first kappa shape index (κ1) is 16.4. The van der Waals surface area contributed by atoms with Crippen molar-refractivity contribution in [2.24, 2.45) is 0 Å². The van der Waals surface area contributed by atoms with Gasteiger partial charge in [-0.05, 0) is 31.5 Å². The van der Waals surface area contributed by atoms with E-state index >= 15 is 0 Å². The zero-order valence-electron chi connectivity index (χ0n) is 15.9. The van der Waals surface area contributed by atoms with Crippen molar-refractivity contribution in [2.75, 3.05) is 54.0 Å². The van der Waals surface area contributed by atoms with Crippen LogP contribution in [0.4, 0.5) is 0 Å². The zero-order chi connectivity index (χ0) is 17.8. The summed E-state index contributed by atoms with van der Waals surface area (Å²) in [4.78, 5) is 11.6. The highest BCUT2D eigenvalue weighted by Crippen LogP contribution is 2.43. The van der Waals surface area contributed by atoms with Gasteiger partial charge in [-0.15, -0.1) is 0 Å². The SMILES string of the molecule is COc1cc2[nH]c3c(c2cc1OC)CCN1[C@H]3CCN2CCN(C)C[C@@H]21. The van der Waals surface area contributed by atoms with Crippen LogP contribution < -0.4 is 9.47 Å². The minimum atomic E-state index is 0.496. The molecule has 5 rings (SSSR count). The van der Waals surface area contributed by atoms with E-state index in [1.165, 1.54) is 42.7 Å².